The summed E-state index contributed by atoms with van der Waals surface area (Å²) in [6.45, 7) is 4.59. The molecule has 0 rings (SSSR count). The number of esters is 2. The van der Waals surface area contributed by atoms with Crippen LogP contribution in [0.3, 0.4) is 0 Å². The van der Waals surface area contributed by atoms with Crippen LogP contribution in [-0.2, 0) is 28.6 Å². The number of carbonyl (C=O) groups is 3. The van der Waals surface area contributed by atoms with Crippen molar-refractivity contribution in [1.29, 1.82) is 0 Å². The molecule has 0 amide bonds. The van der Waals surface area contributed by atoms with E-state index < -0.39 is 18.1 Å². The van der Waals surface area contributed by atoms with Crippen molar-refractivity contribution in [2.24, 2.45) is 0 Å². The van der Waals surface area contributed by atoms with Gasteiger partial charge in [-0.25, -0.2) is 4.79 Å². The predicted molar refractivity (Wildman–Crippen MR) is 178 cm³/mol. The molecule has 0 saturated carbocycles. The third kappa shape index (κ3) is 26.2. The standard InChI is InChI=1S/C36H65NO7/c1-6-8-10-12-14-16-17-19-21-23-25-27-35(39)44-32(30-42-29-28-33(36(40)41)37(3,4)5)31-43-34(38)26-24-22-20-18-15-13-11-9-7-2/h12,14,18,20,32-33H,6-11,13,15-17,19,21-31H2,1-5H3/p+1/b14-12+,20-18+. The minimum atomic E-state index is -0.882. The van der Waals surface area contributed by atoms with E-state index in [2.05, 4.69) is 38.2 Å². The zero-order valence-corrected chi connectivity index (χ0v) is 28.9. The Balaban J connectivity index is 4.53. The molecule has 0 aromatic rings. The molecule has 0 aromatic carbocycles. The summed E-state index contributed by atoms with van der Waals surface area (Å²) in [6.07, 6.45) is 26.6. The van der Waals surface area contributed by atoms with E-state index in [1.54, 1.807) is 0 Å². The van der Waals surface area contributed by atoms with Gasteiger partial charge < -0.3 is 23.8 Å². The number of quaternary nitrogens is 1. The number of carboxylic acids is 1. The van der Waals surface area contributed by atoms with Gasteiger partial charge in [-0.3, -0.25) is 9.59 Å². The second-order valence-electron chi connectivity index (χ2n) is 12.8. The number of unbranched alkanes of at least 4 members (excludes halogenated alkanes) is 12. The maximum absolute atomic E-state index is 12.6. The summed E-state index contributed by atoms with van der Waals surface area (Å²) in [5, 5.41) is 9.54. The van der Waals surface area contributed by atoms with E-state index in [0.717, 1.165) is 44.9 Å². The molecule has 0 bridgehead atoms. The van der Waals surface area contributed by atoms with E-state index in [-0.39, 0.29) is 36.2 Å². The molecule has 0 aliphatic heterocycles. The first-order valence-electron chi connectivity index (χ1n) is 17.4. The largest absolute Gasteiger partial charge is 0.477 e. The Hall–Kier alpha value is -2.19. The summed E-state index contributed by atoms with van der Waals surface area (Å²) in [4.78, 5) is 36.5. The minimum Gasteiger partial charge on any atom is -0.477 e. The molecular weight excluding hydrogens is 558 g/mol. The third-order valence-corrected chi connectivity index (χ3v) is 7.57. The van der Waals surface area contributed by atoms with Crippen LogP contribution in [0.1, 0.15) is 136 Å². The van der Waals surface area contributed by atoms with Crippen molar-refractivity contribution in [2.45, 2.75) is 148 Å². The topological polar surface area (TPSA) is 99.1 Å². The van der Waals surface area contributed by atoms with Crippen molar-refractivity contribution in [3.8, 4) is 0 Å². The van der Waals surface area contributed by atoms with Gasteiger partial charge in [0.15, 0.2) is 12.1 Å². The van der Waals surface area contributed by atoms with Crippen LogP contribution in [0.2, 0.25) is 0 Å². The Kier molecular flexibility index (Phi) is 26.9. The highest BCUT2D eigenvalue weighted by Crippen LogP contribution is 2.12. The molecule has 0 heterocycles. The van der Waals surface area contributed by atoms with Gasteiger partial charge in [0.25, 0.3) is 0 Å². The van der Waals surface area contributed by atoms with Gasteiger partial charge in [0.1, 0.15) is 6.61 Å². The number of nitrogens with zero attached hydrogens (tertiary/aromatic N) is 1. The van der Waals surface area contributed by atoms with Gasteiger partial charge in [-0.15, -0.1) is 0 Å². The van der Waals surface area contributed by atoms with Crippen LogP contribution in [0.25, 0.3) is 0 Å². The van der Waals surface area contributed by atoms with E-state index >= 15 is 0 Å². The number of aliphatic carboxylic acids is 1. The summed E-state index contributed by atoms with van der Waals surface area (Å²) in [6, 6.07) is -0.615. The van der Waals surface area contributed by atoms with E-state index in [4.69, 9.17) is 14.2 Å². The maximum atomic E-state index is 12.6. The third-order valence-electron chi connectivity index (χ3n) is 7.57. The van der Waals surface area contributed by atoms with Crippen molar-refractivity contribution in [2.75, 3.05) is 41.0 Å². The molecule has 0 aliphatic carbocycles. The normalized spacial score (nSPS) is 13.4. The monoisotopic (exact) mass is 624 g/mol. The van der Waals surface area contributed by atoms with Gasteiger partial charge in [0.2, 0.25) is 0 Å². The van der Waals surface area contributed by atoms with Crippen LogP contribution in [0.15, 0.2) is 24.3 Å². The Morgan fingerprint density at radius 3 is 1.77 bits per heavy atom. The quantitative estimate of drug-likeness (QED) is 0.0372. The van der Waals surface area contributed by atoms with E-state index in [9.17, 15) is 19.5 Å². The van der Waals surface area contributed by atoms with Gasteiger partial charge >= 0.3 is 17.9 Å². The van der Waals surface area contributed by atoms with Gasteiger partial charge in [0.05, 0.1) is 34.4 Å². The maximum Gasteiger partial charge on any atom is 0.362 e. The number of rotatable bonds is 30. The summed E-state index contributed by atoms with van der Waals surface area (Å²) >= 11 is 0. The number of carbonyl (C=O) groups excluding carboxylic acids is 2. The molecular formula is C36H66NO7+. The average Bonchev–Trinajstić information content (AvgIpc) is 2.96. The van der Waals surface area contributed by atoms with Gasteiger partial charge in [-0.1, -0.05) is 89.5 Å². The summed E-state index contributed by atoms with van der Waals surface area (Å²) < 4.78 is 17.1. The fourth-order valence-electron chi connectivity index (χ4n) is 4.78. The molecule has 8 heteroatoms. The highest BCUT2D eigenvalue weighted by Gasteiger charge is 2.31. The average molecular weight is 625 g/mol. The molecule has 1 N–H and O–H groups in total. The fraction of sp³-hybridized carbons (Fsp3) is 0.806. The van der Waals surface area contributed by atoms with Crippen molar-refractivity contribution < 1.29 is 38.2 Å². The van der Waals surface area contributed by atoms with E-state index in [1.165, 1.54) is 51.4 Å². The Bertz CT molecular complexity index is 788. The molecule has 44 heavy (non-hydrogen) atoms. The van der Waals surface area contributed by atoms with Gasteiger partial charge in [-0.2, -0.15) is 0 Å². The van der Waals surface area contributed by atoms with Gasteiger partial charge in [0, 0.05) is 19.3 Å². The SMILES string of the molecule is CCCC/C=C/CCCCCCCC(=O)OC(COCCC(C(=O)O)[N+](C)(C)C)COC(=O)CCC/C=C/CCCCCC. The Morgan fingerprint density at radius 1 is 0.659 bits per heavy atom. The lowest BCUT2D eigenvalue weighted by Crippen LogP contribution is -2.50. The molecule has 256 valence electrons. The van der Waals surface area contributed by atoms with E-state index in [1.807, 2.05) is 21.1 Å². The Labute approximate surface area is 269 Å². The number of carboxylic acid groups (broad SMARTS) is 1. The van der Waals surface area contributed by atoms with Crippen LogP contribution >= 0.6 is 0 Å². The van der Waals surface area contributed by atoms with Crippen molar-refractivity contribution in [3.05, 3.63) is 24.3 Å². The molecule has 0 aromatic heterocycles. The first kappa shape index (κ1) is 41.8. The molecule has 0 fully saturated rings. The predicted octanol–water partition coefficient (Wildman–Crippen LogP) is 8.18. The smallest absolute Gasteiger partial charge is 0.362 e. The lowest BCUT2D eigenvalue weighted by molar-refractivity contribution is -0.887. The lowest BCUT2D eigenvalue weighted by atomic mass is 10.1. The summed E-state index contributed by atoms with van der Waals surface area (Å²) in [5.74, 6) is -1.53. The Morgan fingerprint density at radius 2 is 1.18 bits per heavy atom. The first-order chi connectivity index (χ1) is 21.1. The van der Waals surface area contributed by atoms with Crippen LogP contribution in [0.4, 0.5) is 0 Å². The number of ether oxygens (including phenoxy) is 3. The van der Waals surface area contributed by atoms with Crippen molar-refractivity contribution in [3.63, 3.8) is 0 Å². The molecule has 2 atom stereocenters. The fourth-order valence-corrected chi connectivity index (χ4v) is 4.78. The second-order valence-corrected chi connectivity index (χ2v) is 12.8. The van der Waals surface area contributed by atoms with Gasteiger partial charge in [-0.05, 0) is 51.4 Å². The molecule has 0 radical (unpaired) electrons. The first-order valence-corrected chi connectivity index (χ1v) is 17.4. The van der Waals surface area contributed by atoms with Crippen LogP contribution in [0, 0.1) is 0 Å². The van der Waals surface area contributed by atoms with E-state index in [0.29, 0.717) is 25.7 Å². The second kappa shape index (κ2) is 28.3. The number of hydrogen-bond donors (Lipinski definition) is 1. The highest BCUT2D eigenvalue weighted by atomic mass is 16.6. The number of allylic oxidation sites excluding steroid dienone is 4. The molecule has 8 nitrogen and oxygen atoms in total. The lowest BCUT2D eigenvalue weighted by Gasteiger charge is -2.31. The summed E-state index contributed by atoms with van der Waals surface area (Å²) in [7, 11) is 5.49. The van der Waals surface area contributed by atoms with Crippen LogP contribution in [0.5, 0.6) is 0 Å². The number of likely N-dealkylation sites (N-methyl/N-ethyl adjacent to an activating group) is 1. The summed E-state index contributed by atoms with van der Waals surface area (Å²) in [5.41, 5.74) is 0. The van der Waals surface area contributed by atoms with Crippen molar-refractivity contribution in [1.82, 2.24) is 0 Å². The van der Waals surface area contributed by atoms with Crippen LogP contribution < -0.4 is 0 Å². The van der Waals surface area contributed by atoms with Crippen LogP contribution in [-0.4, -0.2) is 80.6 Å². The molecule has 0 saturated heterocycles. The zero-order chi connectivity index (χ0) is 32.9. The molecule has 0 aliphatic rings. The van der Waals surface area contributed by atoms with Crippen molar-refractivity contribution >= 4 is 17.9 Å². The number of hydrogen-bond acceptors (Lipinski definition) is 6. The molecule has 0 spiro atoms. The zero-order valence-electron chi connectivity index (χ0n) is 28.9. The minimum absolute atomic E-state index is 0.0506. The molecule has 2 unspecified atom stereocenters. The highest BCUT2D eigenvalue weighted by molar-refractivity contribution is 5.72.